The highest BCUT2D eigenvalue weighted by Crippen LogP contribution is 2.30. The van der Waals surface area contributed by atoms with Crippen LogP contribution >= 0.6 is 0 Å². The van der Waals surface area contributed by atoms with Crippen molar-refractivity contribution in [1.82, 2.24) is 15.2 Å². The molecule has 0 aliphatic carbocycles. The molecule has 6 heteroatoms. The van der Waals surface area contributed by atoms with Crippen LogP contribution in [0.1, 0.15) is 69.4 Å². The number of nitrogens with one attached hydrogen (secondary N) is 1. The number of benzene rings is 2. The van der Waals surface area contributed by atoms with Gasteiger partial charge in [0.15, 0.2) is 0 Å². The number of piperidine rings is 1. The molecule has 0 radical (unpaired) electrons. The number of pyridine rings is 1. The monoisotopic (exact) mass is 445 g/mol. The predicted molar refractivity (Wildman–Crippen MR) is 126 cm³/mol. The summed E-state index contributed by atoms with van der Waals surface area (Å²) in [5.41, 5.74) is 3.77. The molecule has 33 heavy (non-hydrogen) atoms. The number of amides is 2. The Morgan fingerprint density at radius 3 is 2.33 bits per heavy atom. The highest BCUT2D eigenvalue weighted by molar-refractivity contribution is 5.96. The smallest absolute Gasteiger partial charge is 0.253 e. The van der Waals surface area contributed by atoms with E-state index in [2.05, 4.69) is 5.32 Å². The molecule has 0 unspecified atom stereocenters. The first-order valence-corrected chi connectivity index (χ1v) is 11.3. The molecule has 1 N–H and O–H groups in total. The molecule has 4 rings (SSSR count). The average Bonchev–Trinajstić information content (AvgIpc) is 2.84. The quantitative estimate of drug-likeness (QED) is 0.599. The number of halogens is 1. The van der Waals surface area contributed by atoms with E-state index < -0.39 is 0 Å². The first-order valence-electron chi connectivity index (χ1n) is 11.3. The zero-order valence-electron chi connectivity index (χ0n) is 18.9. The van der Waals surface area contributed by atoms with Crippen molar-refractivity contribution in [3.63, 3.8) is 0 Å². The fraction of sp³-hybridized carbons (Fsp3) is 0.296. The van der Waals surface area contributed by atoms with Gasteiger partial charge in [0.1, 0.15) is 5.82 Å². The minimum Gasteiger partial charge on any atom is -0.345 e. The van der Waals surface area contributed by atoms with Crippen LogP contribution in [-0.2, 0) is 0 Å². The standard InChI is InChI=1S/C27H28FN3O2/c1-18-8-13-24(26(32)30-19(2)20-6-4-3-5-7-20)25(29-18)21-14-16-31(17-15-21)27(33)22-9-11-23(28)12-10-22/h3-13,19,21H,14-17H2,1-2H3,(H,30,32)/t19-/m0/s1. The lowest BCUT2D eigenvalue weighted by atomic mass is 9.89. The molecular formula is C27H28FN3O2. The molecule has 170 valence electrons. The van der Waals surface area contributed by atoms with Gasteiger partial charge in [0.05, 0.1) is 17.3 Å². The summed E-state index contributed by atoms with van der Waals surface area (Å²) in [6.07, 6.45) is 1.44. The molecular weight excluding hydrogens is 417 g/mol. The number of likely N-dealkylation sites (tertiary alicyclic amines) is 1. The fourth-order valence-corrected chi connectivity index (χ4v) is 4.31. The number of carbonyl (C=O) groups is 2. The van der Waals surface area contributed by atoms with Crippen LogP contribution in [0.15, 0.2) is 66.7 Å². The molecule has 2 heterocycles. The first kappa shape index (κ1) is 22.6. The Kier molecular flexibility index (Phi) is 6.82. The van der Waals surface area contributed by atoms with Crippen LogP contribution in [0.5, 0.6) is 0 Å². The molecule has 1 atom stereocenters. The van der Waals surface area contributed by atoms with Gasteiger partial charge in [0.25, 0.3) is 11.8 Å². The Balaban J connectivity index is 1.46. The van der Waals surface area contributed by atoms with E-state index in [1.807, 2.05) is 56.3 Å². The number of rotatable bonds is 5. The fourth-order valence-electron chi connectivity index (χ4n) is 4.31. The first-order chi connectivity index (χ1) is 15.9. The van der Waals surface area contributed by atoms with Crippen LogP contribution in [0.25, 0.3) is 0 Å². The van der Waals surface area contributed by atoms with Crippen molar-refractivity contribution >= 4 is 11.8 Å². The summed E-state index contributed by atoms with van der Waals surface area (Å²) in [4.78, 5) is 32.4. The Labute approximate surface area is 193 Å². The summed E-state index contributed by atoms with van der Waals surface area (Å²) in [7, 11) is 0. The number of hydrogen-bond donors (Lipinski definition) is 1. The molecule has 1 aliphatic rings. The predicted octanol–water partition coefficient (Wildman–Crippen LogP) is 5.04. The van der Waals surface area contributed by atoms with E-state index in [0.29, 0.717) is 24.2 Å². The van der Waals surface area contributed by atoms with Gasteiger partial charge in [-0.3, -0.25) is 14.6 Å². The lowest BCUT2D eigenvalue weighted by molar-refractivity contribution is 0.0710. The highest BCUT2D eigenvalue weighted by Gasteiger charge is 2.28. The topological polar surface area (TPSA) is 62.3 Å². The number of carbonyl (C=O) groups excluding carboxylic acids is 2. The second kappa shape index (κ2) is 9.94. The van der Waals surface area contributed by atoms with Gasteiger partial charge < -0.3 is 10.2 Å². The molecule has 1 aliphatic heterocycles. The molecule has 1 aromatic heterocycles. The van der Waals surface area contributed by atoms with Gasteiger partial charge in [-0.25, -0.2) is 4.39 Å². The third kappa shape index (κ3) is 5.28. The van der Waals surface area contributed by atoms with Crippen LogP contribution < -0.4 is 5.32 Å². The van der Waals surface area contributed by atoms with Crippen molar-refractivity contribution in [2.75, 3.05) is 13.1 Å². The van der Waals surface area contributed by atoms with E-state index in [4.69, 9.17) is 4.98 Å². The Morgan fingerprint density at radius 1 is 1.00 bits per heavy atom. The molecule has 0 bridgehead atoms. The van der Waals surface area contributed by atoms with Crippen LogP contribution in [-0.4, -0.2) is 34.8 Å². The molecule has 1 fully saturated rings. The molecule has 2 amide bonds. The van der Waals surface area contributed by atoms with Gasteiger partial charge in [0, 0.05) is 30.3 Å². The normalized spacial score (nSPS) is 15.2. The van der Waals surface area contributed by atoms with Crippen molar-refractivity contribution in [3.8, 4) is 0 Å². The van der Waals surface area contributed by atoms with Crippen molar-refractivity contribution in [2.45, 2.75) is 38.6 Å². The zero-order chi connectivity index (χ0) is 23.4. The summed E-state index contributed by atoms with van der Waals surface area (Å²) in [5.74, 6) is -0.503. The van der Waals surface area contributed by atoms with Gasteiger partial charge >= 0.3 is 0 Å². The van der Waals surface area contributed by atoms with E-state index in [1.165, 1.54) is 24.3 Å². The van der Waals surface area contributed by atoms with E-state index in [9.17, 15) is 14.0 Å². The van der Waals surface area contributed by atoms with Crippen molar-refractivity contribution in [3.05, 3.63) is 101 Å². The molecule has 0 spiro atoms. The number of aryl methyl sites for hydroxylation is 1. The number of nitrogens with zero attached hydrogens (tertiary/aromatic N) is 2. The number of hydrogen-bond acceptors (Lipinski definition) is 3. The molecule has 2 aromatic carbocycles. The SMILES string of the molecule is Cc1ccc(C(=O)N[C@@H](C)c2ccccc2)c(C2CCN(C(=O)c3ccc(F)cc3)CC2)n1. The van der Waals surface area contributed by atoms with Gasteiger partial charge in [0.2, 0.25) is 0 Å². The van der Waals surface area contributed by atoms with E-state index >= 15 is 0 Å². The van der Waals surface area contributed by atoms with Crippen LogP contribution in [0.2, 0.25) is 0 Å². The maximum atomic E-state index is 13.2. The highest BCUT2D eigenvalue weighted by atomic mass is 19.1. The summed E-state index contributed by atoms with van der Waals surface area (Å²) in [6.45, 7) is 5.02. The number of aromatic nitrogens is 1. The summed E-state index contributed by atoms with van der Waals surface area (Å²) in [5, 5.41) is 3.09. The molecule has 3 aromatic rings. The maximum Gasteiger partial charge on any atom is 0.253 e. The van der Waals surface area contributed by atoms with Gasteiger partial charge in [-0.1, -0.05) is 30.3 Å². The minimum absolute atomic E-state index is 0.0925. The van der Waals surface area contributed by atoms with Gasteiger partial charge in [-0.05, 0) is 68.7 Å². The van der Waals surface area contributed by atoms with Crippen LogP contribution in [0, 0.1) is 12.7 Å². The maximum absolute atomic E-state index is 13.2. The van der Waals surface area contributed by atoms with E-state index in [-0.39, 0.29) is 29.6 Å². The molecule has 0 saturated carbocycles. The lowest BCUT2D eigenvalue weighted by Gasteiger charge is -2.32. The third-order valence-corrected chi connectivity index (χ3v) is 6.22. The van der Waals surface area contributed by atoms with Crippen molar-refractivity contribution in [2.24, 2.45) is 0 Å². The summed E-state index contributed by atoms with van der Waals surface area (Å²) in [6, 6.07) is 19.1. The van der Waals surface area contributed by atoms with E-state index in [0.717, 1.165) is 29.8 Å². The largest absolute Gasteiger partial charge is 0.345 e. The van der Waals surface area contributed by atoms with E-state index in [1.54, 1.807) is 4.90 Å². The summed E-state index contributed by atoms with van der Waals surface area (Å²) >= 11 is 0. The van der Waals surface area contributed by atoms with Crippen molar-refractivity contribution < 1.29 is 14.0 Å². The Hall–Kier alpha value is -3.54. The second-order valence-corrected chi connectivity index (χ2v) is 8.56. The molecule has 5 nitrogen and oxygen atoms in total. The van der Waals surface area contributed by atoms with Crippen molar-refractivity contribution in [1.29, 1.82) is 0 Å². The average molecular weight is 446 g/mol. The zero-order valence-corrected chi connectivity index (χ0v) is 18.9. The van der Waals surface area contributed by atoms with Crippen LogP contribution in [0.3, 0.4) is 0 Å². The lowest BCUT2D eigenvalue weighted by Crippen LogP contribution is -2.38. The second-order valence-electron chi connectivity index (χ2n) is 8.56. The van der Waals surface area contributed by atoms with Gasteiger partial charge in [-0.15, -0.1) is 0 Å². The van der Waals surface area contributed by atoms with Crippen LogP contribution in [0.4, 0.5) is 4.39 Å². The minimum atomic E-state index is -0.358. The summed E-state index contributed by atoms with van der Waals surface area (Å²) < 4.78 is 13.2. The molecule has 1 saturated heterocycles. The third-order valence-electron chi connectivity index (χ3n) is 6.22. The Bertz CT molecular complexity index is 1120. The van der Waals surface area contributed by atoms with Gasteiger partial charge in [-0.2, -0.15) is 0 Å². The Morgan fingerprint density at radius 2 is 1.67 bits per heavy atom.